The molecule has 122 valence electrons. The molecule has 1 aliphatic rings. The quantitative estimate of drug-likeness (QED) is 0.845. The fourth-order valence-electron chi connectivity index (χ4n) is 2.07. The Morgan fingerprint density at radius 3 is 2.68 bits per heavy atom. The van der Waals surface area contributed by atoms with Crippen LogP contribution in [0, 0.1) is 12.8 Å². The van der Waals surface area contributed by atoms with Gasteiger partial charge in [-0.2, -0.15) is 8.78 Å². The SMILES string of the molecule is Cc1cc(CN=C2NC(=O)C(C)(C(C)C)S2)c(C(F)(F)P)o1. The molecule has 1 aromatic heterocycles. The molecule has 1 aliphatic heterocycles. The lowest BCUT2D eigenvalue weighted by molar-refractivity contribution is -0.122. The monoisotopic (exact) mass is 348 g/mol. The Bertz CT molecular complexity index is 625. The molecule has 1 saturated heterocycles. The zero-order valence-corrected chi connectivity index (χ0v) is 14.8. The van der Waals surface area contributed by atoms with E-state index in [4.69, 9.17) is 4.42 Å². The Hall–Kier alpha value is -0.940. The van der Waals surface area contributed by atoms with Crippen LogP contribution in [0.1, 0.15) is 37.9 Å². The second-order valence-corrected chi connectivity index (χ2v) is 7.94. The van der Waals surface area contributed by atoms with Crippen molar-refractivity contribution in [3.05, 3.63) is 23.2 Å². The number of carbonyl (C=O) groups excluding carboxylic acids is 1. The normalized spacial score (nSPS) is 24.4. The van der Waals surface area contributed by atoms with Crippen molar-refractivity contribution in [2.45, 2.75) is 44.7 Å². The average molecular weight is 348 g/mol. The lowest BCUT2D eigenvalue weighted by atomic mass is 9.96. The topological polar surface area (TPSA) is 54.6 Å². The lowest BCUT2D eigenvalue weighted by Crippen LogP contribution is -2.38. The van der Waals surface area contributed by atoms with Gasteiger partial charge in [0.25, 0.3) is 0 Å². The molecule has 8 heteroatoms. The third kappa shape index (κ3) is 3.35. The molecule has 2 unspecified atom stereocenters. The molecule has 2 atom stereocenters. The summed E-state index contributed by atoms with van der Waals surface area (Å²) in [7, 11) is 1.46. The van der Waals surface area contributed by atoms with E-state index in [0.29, 0.717) is 16.5 Å². The van der Waals surface area contributed by atoms with Crippen molar-refractivity contribution >= 4 is 32.1 Å². The van der Waals surface area contributed by atoms with E-state index < -0.39 is 16.2 Å². The average Bonchev–Trinajstić information content (AvgIpc) is 2.89. The molecule has 1 aromatic rings. The third-order valence-electron chi connectivity index (χ3n) is 3.71. The first-order valence-electron chi connectivity index (χ1n) is 6.85. The molecule has 22 heavy (non-hydrogen) atoms. The Labute approximate surface area is 134 Å². The molecule has 4 nitrogen and oxygen atoms in total. The molecule has 0 radical (unpaired) electrons. The van der Waals surface area contributed by atoms with Gasteiger partial charge in [0, 0.05) is 5.56 Å². The standard InChI is InChI=1S/C14H19F2N2O2PS/c1-7(2)13(4)11(19)18-12(22-13)17-6-9-5-8(3)20-10(9)14(15,16)21/h5,7H,6,21H2,1-4H3,(H,17,18,19). The van der Waals surface area contributed by atoms with E-state index in [1.807, 2.05) is 20.8 Å². The maximum Gasteiger partial charge on any atom is 0.315 e. The van der Waals surface area contributed by atoms with Gasteiger partial charge in [0.2, 0.25) is 5.91 Å². The number of hydrogen-bond donors (Lipinski definition) is 1. The van der Waals surface area contributed by atoms with Crippen molar-refractivity contribution in [1.82, 2.24) is 5.32 Å². The predicted molar refractivity (Wildman–Crippen MR) is 87.2 cm³/mol. The molecule has 1 fully saturated rings. The summed E-state index contributed by atoms with van der Waals surface area (Å²) in [6.45, 7) is 7.42. The molecular weight excluding hydrogens is 329 g/mol. The number of nitrogens with zero attached hydrogens (tertiary/aromatic N) is 1. The summed E-state index contributed by atoms with van der Waals surface area (Å²) in [6.07, 6.45) is 0. The van der Waals surface area contributed by atoms with Crippen molar-refractivity contribution in [3.63, 3.8) is 0 Å². The summed E-state index contributed by atoms with van der Waals surface area (Å²) in [5.41, 5.74) is -2.82. The Morgan fingerprint density at radius 2 is 2.18 bits per heavy atom. The van der Waals surface area contributed by atoms with Crippen molar-refractivity contribution in [2.24, 2.45) is 10.9 Å². The summed E-state index contributed by atoms with van der Waals surface area (Å²) in [4.78, 5) is 16.3. The summed E-state index contributed by atoms with van der Waals surface area (Å²) < 4.78 is 31.4. The van der Waals surface area contributed by atoms with Gasteiger partial charge in [0.05, 0.1) is 6.54 Å². The summed E-state index contributed by atoms with van der Waals surface area (Å²) >= 11 is 1.33. The van der Waals surface area contributed by atoms with E-state index >= 15 is 0 Å². The van der Waals surface area contributed by atoms with E-state index in [1.165, 1.54) is 21.0 Å². The number of alkyl halides is 2. The zero-order valence-electron chi connectivity index (χ0n) is 12.9. The highest BCUT2D eigenvalue weighted by atomic mass is 32.2. The number of halogens is 2. The number of amides is 1. The molecule has 0 aromatic carbocycles. The summed E-state index contributed by atoms with van der Waals surface area (Å²) in [5.74, 6) is 0.0299. The van der Waals surface area contributed by atoms with E-state index in [1.54, 1.807) is 13.0 Å². The second kappa shape index (κ2) is 5.93. The van der Waals surface area contributed by atoms with Gasteiger partial charge in [0.1, 0.15) is 10.5 Å². The van der Waals surface area contributed by atoms with Crippen LogP contribution in [0.25, 0.3) is 0 Å². The summed E-state index contributed by atoms with van der Waals surface area (Å²) in [6, 6.07) is 1.54. The van der Waals surface area contributed by atoms with Gasteiger partial charge in [-0.15, -0.1) is 0 Å². The van der Waals surface area contributed by atoms with E-state index in [9.17, 15) is 13.6 Å². The fourth-order valence-corrected chi connectivity index (χ4v) is 3.37. The maximum atomic E-state index is 13.5. The van der Waals surface area contributed by atoms with Gasteiger partial charge in [-0.25, -0.2) is 0 Å². The number of amidine groups is 1. The largest absolute Gasteiger partial charge is 0.459 e. The minimum absolute atomic E-state index is 0.0352. The van der Waals surface area contributed by atoms with Crippen molar-refractivity contribution in [1.29, 1.82) is 0 Å². The molecular formula is C14H19F2N2O2PS. The molecule has 0 saturated carbocycles. The van der Waals surface area contributed by atoms with Gasteiger partial charge >= 0.3 is 5.66 Å². The van der Waals surface area contributed by atoms with Crippen LogP contribution in [0.2, 0.25) is 0 Å². The van der Waals surface area contributed by atoms with Crippen LogP contribution in [0.4, 0.5) is 8.78 Å². The molecule has 0 aliphatic carbocycles. The molecule has 0 spiro atoms. The smallest absolute Gasteiger partial charge is 0.315 e. The lowest BCUT2D eigenvalue weighted by Gasteiger charge is -2.22. The van der Waals surface area contributed by atoms with Crippen LogP contribution in [0.15, 0.2) is 15.5 Å². The van der Waals surface area contributed by atoms with Crippen LogP contribution in [-0.2, 0) is 17.0 Å². The Morgan fingerprint density at radius 1 is 1.55 bits per heavy atom. The summed E-state index contributed by atoms with van der Waals surface area (Å²) in [5, 5.41) is 3.17. The number of rotatable bonds is 4. The number of nitrogens with one attached hydrogen (secondary N) is 1. The first-order chi connectivity index (χ1) is 10.0. The van der Waals surface area contributed by atoms with Crippen molar-refractivity contribution in [3.8, 4) is 0 Å². The number of furan rings is 1. The van der Waals surface area contributed by atoms with Gasteiger partial charge in [-0.3, -0.25) is 9.79 Å². The van der Waals surface area contributed by atoms with Gasteiger partial charge < -0.3 is 9.73 Å². The molecule has 1 N–H and O–H groups in total. The predicted octanol–water partition coefficient (Wildman–Crippen LogP) is 3.65. The van der Waals surface area contributed by atoms with Crippen LogP contribution in [-0.4, -0.2) is 15.8 Å². The Kier molecular flexibility index (Phi) is 4.69. The molecule has 0 bridgehead atoms. The first-order valence-corrected chi connectivity index (χ1v) is 8.25. The van der Waals surface area contributed by atoms with Crippen LogP contribution >= 0.6 is 21.0 Å². The van der Waals surface area contributed by atoms with E-state index in [0.717, 1.165) is 0 Å². The Balaban J connectivity index is 2.19. The van der Waals surface area contributed by atoms with E-state index in [2.05, 4.69) is 10.3 Å². The number of aryl methyl sites for hydroxylation is 1. The van der Waals surface area contributed by atoms with Gasteiger partial charge in [-0.05, 0) is 25.8 Å². The molecule has 2 heterocycles. The minimum Gasteiger partial charge on any atom is -0.459 e. The fraction of sp³-hybridized carbons (Fsp3) is 0.571. The molecule has 1 amide bonds. The van der Waals surface area contributed by atoms with Gasteiger partial charge in [0.15, 0.2) is 10.9 Å². The highest BCUT2D eigenvalue weighted by molar-refractivity contribution is 8.16. The second-order valence-electron chi connectivity index (χ2n) is 5.77. The molecule has 2 rings (SSSR count). The first kappa shape index (κ1) is 17.4. The van der Waals surface area contributed by atoms with Crippen LogP contribution in [0.5, 0.6) is 0 Å². The zero-order chi connectivity index (χ0) is 16.7. The van der Waals surface area contributed by atoms with Gasteiger partial charge in [-0.1, -0.05) is 34.8 Å². The number of aliphatic imine (C=N–C) groups is 1. The minimum atomic E-state index is -3.14. The number of thioether (sulfide) groups is 1. The number of carbonyl (C=O) groups is 1. The third-order valence-corrected chi connectivity index (χ3v) is 5.48. The highest BCUT2D eigenvalue weighted by Crippen LogP contribution is 2.40. The highest BCUT2D eigenvalue weighted by Gasteiger charge is 2.45. The van der Waals surface area contributed by atoms with E-state index in [-0.39, 0.29) is 18.4 Å². The maximum absolute atomic E-state index is 13.5. The van der Waals surface area contributed by atoms with Crippen LogP contribution < -0.4 is 5.32 Å². The number of hydrogen-bond acceptors (Lipinski definition) is 4. The van der Waals surface area contributed by atoms with Crippen molar-refractivity contribution < 1.29 is 18.0 Å². The van der Waals surface area contributed by atoms with Crippen LogP contribution in [0.3, 0.4) is 0 Å². The van der Waals surface area contributed by atoms with Crippen molar-refractivity contribution in [2.75, 3.05) is 0 Å².